The normalized spacial score (nSPS) is 14.2. The highest BCUT2D eigenvalue weighted by atomic mass is 16.1. The first kappa shape index (κ1) is 13.1. The summed E-state index contributed by atoms with van der Waals surface area (Å²) in [6.45, 7) is 0. The third-order valence-electron chi connectivity index (χ3n) is 4.01. The number of Topliss-reactive ketones (excluding diaryl/α,β-unsaturated/α-hetero) is 1. The molecule has 3 aromatic heterocycles. The molecule has 4 nitrogen and oxygen atoms in total. The molecule has 0 aromatic carbocycles. The predicted octanol–water partition coefficient (Wildman–Crippen LogP) is 3.21. The number of carbonyl (C=O) groups excluding carboxylic acids is 1. The predicted molar refractivity (Wildman–Crippen MR) is 84.2 cm³/mol. The van der Waals surface area contributed by atoms with Gasteiger partial charge in [0.25, 0.3) is 0 Å². The summed E-state index contributed by atoms with van der Waals surface area (Å²) >= 11 is 0. The Morgan fingerprint density at radius 2 is 2.00 bits per heavy atom. The van der Waals surface area contributed by atoms with Gasteiger partial charge in [-0.25, -0.2) is 0 Å². The minimum atomic E-state index is 0.275. The molecule has 3 heterocycles. The van der Waals surface area contributed by atoms with Gasteiger partial charge in [0.1, 0.15) is 5.78 Å². The molecule has 1 fully saturated rings. The zero-order valence-electron chi connectivity index (χ0n) is 12.1. The first-order valence-corrected chi connectivity index (χ1v) is 7.47. The maximum absolute atomic E-state index is 11.9. The number of hydrogen-bond acceptors (Lipinski definition) is 4. The Morgan fingerprint density at radius 3 is 2.77 bits per heavy atom. The van der Waals surface area contributed by atoms with Crippen molar-refractivity contribution in [3.8, 4) is 11.1 Å². The molecule has 1 aliphatic carbocycles. The average molecular weight is 289 g/mol. The Balaban J connectivity index is 1.69. The van der Waals surface area contributed by atoms with Crippen molar-refractivity contribution in [2.24, 2.45) is 5.92 Å². The van der Waals surface area contributed by atoms with Crippen LogP contribution < -0.4 is 0 Å². The lowest BCUT2D eigenvalue weighted by Gasteiger charge is -2.05. The van der Waals surface area contributed by atoms with Crippen LogP contribution >= 0.6 is 0 Å². The molecule has 0 saturated heterocycles. The Hall–Kier alpha value is -2.62. The number of rotatable bonds is 4. The number of pyridine rings is 3. The second kappa shape index (κ2) is 5.30. The fourth-order valence-electron chi connectivity index (χ4n) is 2.59. The molecule has 0 bridgehead atoms. The fourth-order valence-corrected chi connectivity index (χ4v) is 2.59. The van der Waals surface area contributed by atoms with Gasteiger partial charge in [0.15, 0.2) is 0 Å². The molecule has 0 amide bonds. The van der Waals surface area contributed by atoms with E-state index in [4.69, 9.17) is 0 Å². The summed E-state index contributed by atoms with van der Waals surface area (Å²) in [4.78, 5) is 24.9. The molecule has 4 rings (SSSR count). The van der Waals surface area contributed by atoms with E-state index < -0.39 is 0 Å². The van der Waals surface area contributed by atoms with Crippen molar-refractivity contribution in [3.05, 3.63) is 54.7 Å². The quantitative estimate of drug-likeness (QED) is 0.740. The molecule has 108 valence electrons. The molecule has 0 N–H and O–H groups in total. The Morgan fingerprint density at radius 1 is 1.09 bits per heavy atom. The fraction of sp³-hybridized carbons (Fsp3) is 0.222. The molecular weight excluding hydrogens is 274 g/mol. The molecule has 0 aliphatic heterocycles. The van der Waals surface area contributed by atoms with Gasteiger partial charge in [0.05, 0.1) is 11.7 Å². The minimum Gasteiger partial charge on any atom is -0.299 e. The van der Waals surface area contributed by atoms with Gasteiger partial charge >= 0.3 is 0 Å². The van der Waals surface area contributed by atoms with Crippen LogP contribution in [0.25, 0.3) is 22.0 Å². The molecule has 22 heavy (non-hydrogen) atoms. The van der Waals surface area contributed by atoms with Gasteiger partial charge in [-0.1, -0.05) is 6.07 Å². The van der Waals surface area contributed by atoms with E-state index in [0.717, 1.165) is 40.6 Å². The lowest BCUT2D eigenvalue weighted by molar-refractivity contribution is -0.119. The van der Waals surface area contributed by atoms with Crippen molar-refractivity contribution in [1.29, 1.82) is 0 Å². The van der Waals surface area contributed by atoms with E-state index in [1.165, 1.54) is 0 Å². The number of nitrogens with zero attached hydrogens (tertiary/aromatic N) is 3. The highest BCUT2D eigenvalue weighted by molar-refractivity contribution is 5.87. The van der Waals surface area contributed by atoms with Crippen molar-refractivity contribution >= 4 is 16.7 Å². The molecule has 0 atom stereocenters. The number of aromatic nitrogens is 3. The lowest BCUT2D eigenvalue weighted by atomic mass is 10.1. The maximum atomic E-state index is 11.9. The lowest BCUT2D eigenvalue weighted by Crippen LogP contribution is -2.06. The molecule has 0 unspecified atom stereocenters. The molecular formula is C18H15N3O. The molecule has 4 heteroatoms. The van der Waals surface area contributed by atoms with E-state index in [1.807, 2.05) is 30.6 Å². The van der Waals surface area contributed by atoms with E-state index in [0.29, 0.717) is 12.2 Å². The van der Waals surface area contributed by atoms with E-state index in [-0.39, 0.29) is 5.92 Å². The van der Waals surface area contributed by atoms with Crippen LogP contribution in [0.1, 0.15) is 18.5 Å². The number of fused-ring (bicyclic) bond motifs is 1. The van der Waals surface area contributed by atoms with Gasteiger partial charge in [-0.3, -0.25) is 19.7 Å². The third kappa shape index (κ3) is 2.60. The van der Waals surface area contributed by atoms with Crippen LogP contribution in [0, 0.1) is 5.92 Å². The topological polar surface area (TPSA) is 55.7 Å². The van der Waals surface area contributed by atoms with Crippen molar-refractivity contribution in [1.82, 2.24) is 15.0 Å². The van der Waals surface area contributed by atoms with Gasteiger partial charge in [0, 0.05) is 53.1 Å². The second-order valence-electron chi connectivity index (χ2n) is 5.75. The van der Waals surface area contributed by atoms with Crippen LogP contribution in [-0.2, 0) is 11.2 Å². The van der Waals surface area contributed by atoms with Crippen molar-refractivity contribution in [3.63, 3.8) is 0 Å². The molecule has 1 saturated carbocycles. The monoisotopic (exact) mass is 289 g/mol. The summed E-state index contributed by atoms with van der Waals surface area (Å²) in [6, 6.07) is 7.97. The second-order valence-corrected chi connectivity index (χ2v) is 5.75. The van der Waals surface area contributed by atoms with Crippen molar-refractivity contribution in [2.45, 2.75) is 19.3 Å². The highest BCUT2D eigenvalue weighted by Gasteiger charge is 2.29. The molecule has 1 aliphatic rings. The average Bonchev–Trinajstić information content (AvgIpc) is 3.40. The zero-order chi connectivity index (χ0) is 14.9. The number of carbonyl (C=O) groups is 1. The third-order valence-corrected chi connectivity index (χ3v) is 4.01. The summed E-state index contributed by atoms with van der Waals surface area (Å²) in [6.07, 6.45) is 9.66. The zero-order valence-corrected chi connectivity index (χ0v) is 12.1. The first-order chi connectivity index (χ1) is 10.8. The van der Waals surface area contributed by atoms with Crippen LogP contribution in [0.15, 0.2) is 49.1 Å². The molecule has 3 aromatic rings. The minimum absolute atomic E-state index is 0.275. The van der Waals surface area contributed by atoms with Crippen LogP contribution in [0.4, 0.5) is 0 Å². The van der Waals surface area contributed by atoms with Crippen LogP contribution in [0.3, 0.4) is 0 Å². The Bertz CT molecular complexity index is 841. The Kier molecular flexibility index (Phi) is 3.15. The smallest absolute Gasteiger partial charge is 0.141 e. The van der Waals surface area contributed by atoms with Crippen LogP contribution in [-0.4, -0.2) is 20.7 Å². The van der Waals surface area contributed by atoms with Gasteiger partial charge < -0.3 is 0 Å². The summed E-state index contributed by atoms with van der Waals surface area (Å²) in [5, 5.41) is 1.01. The van der Waals surface area contributed by atoms with E-state index in [9.17, 15) is 4.79 Å². The van der Waals surface area contributed by atoms with Crippen LogP contribution in [0.2, 0.25) is 0 Å². The summed E-state index contributed by atoms with van der Waals surface area (Å²) in [7, 11) is 0. The molecule has 0 spiro atoms. The summed E-state index contributed by atoms with van der Waals surface area (Å²) < 4.78 is 0. The standard InChI is InChI=1S/C18H15N3O/c22-18(12-3-4-12)8-16-7-14-6-15(10-21-17(14)11-20-16)13-2-1-5-19-9-13/h1-2,5-7,9-12H,3-4,8H2. The summed E-state index contributed by atoms with van der Waals surface area (Å²) in [5.74, 6) is 0.584. The Labute approximate surface area is 128 Å². The number of ketones is 1. The molecule has 0 radical (unpaired) electrons. The number of hydrogen-bond donors (Lipinski definition) is 0. The van der Waals surface area contributed by atoms with E-state index in [2.05, 4.69) is 21.0 Å². The van der Waals surface area contributed by atoms with Gasteiger partial charge in [-0.15, -0.1) is 0 Å². The largest absolute Gasteiger partial charge is 0.299 e. The van der Waals surface area contributed by atoms with E-state index in [1.54, 1.807) is 12.4 Å². The van der Waals surface area contributed by atoms with E-state index >= 15 is 0 Å². The SMILES string of the molecule is O=C(Cc1cc2cc(-c3cccnc3)cnc2cn1)C1CC1. The van der Waals surface area contributed by atoms with Crippen LogP contribution in [0.5, 0.6) is 0 Å². The van der Waals surface area contributed by atoms with Gasteiger partial charge in [-0.05, 0) is 31.0 Å². The van der Waals surface area contributed by atoms with Crippen molar-refractivity contribution in [2.75, 3.05) is 0 Å². The van der Waals surface area contributed by atoms with Crippen molar-refractivity contribution < 1.29 is 4.79 Å². The first-order valence-electron chi connectivity index (χ1n) is 7.47. The maximum Gasteiger partial charge on any atom is 0.141 e. The van der Waals surface area contributed by atoms with Gasteiger partial charge in [0.2, 0.25) is 0 Å². The summed E-state index contributed by atoms with van der Waals surface area (Å²) in [5.41, 5.74) is 3.72. The van der Waals surface area contributed by atoms with Gasteiger partial charge in [-0.2, -0.15) is 0 Å². The highest BCUT2D eigenvalue weighted by Crippen LogP contribution is 2.31.